The lowest BCUT2D eigenvalue weighted by atomic mass is 10.2. The fourth-order valence-corrected chi connectivity index (χ4v) is 2.09. The van der Waals surface area contributed by atoms with Gasteiger partial charge in [-0.2, -0.15) is 5.10 Å². The van der Waals surface area contributed by atoms with E-state index in [1.807, 2.05) is 24.3 Å². The van der Waals surface area contributed by atoms with E-state index < -0.39 is 0 Å². The summed E-state index contributed by atoms with van der Waals surface area (Å²) in [6, 6.07) is 7.59. The van der Waals surface area contributed by atoms with Gasteiger partial charge in [-0.25, -0.2) is 0 Å². The van der Waals surface area contributed by atoms with Gasteiger partial charge in [0.1, 0.15) is 6.61 Å². The molecule has 1 aliphatic heterocycles. The molecule has 0 saturated heterocycles. The Kier molecular flexibility index (Phi) is 3.28. The maximum Gasteiger partial charge on any atom is 0.221 e. The van der Waals surface area contributed by atoms with Crippen molar-refractivity contribution in [2.75, 3.05) is 11.9 Å². The molecule has 0 radical (unpaired) electrons. The van der Waals surface area contributed by atoms with Crippen molar-refractivity contribution in [2.45, 2.75) is 19.6 Å². The lowest BCUT2D eigenvalue weighted by Crippen LogP contribution is -2.33. The standard InChI is InChI=1S/C14H15N3O3/c1-10(18)16-11-6-15-17(7-11)8-12-9-19-13-4-2-3-5-14(13)20-12/h2-7,12H,8-9H2,1H3,(H,16,18). The number of nitrogens with zero attached hydrogens (tertiary/aromatic N) is 2. The highest BCUT2D eigenvalue weighted by Gasteiger charge is 2.21. The van der Waals surface area contributed by atoms with E-state index in [1.165, 1.54) is 6.92 Å². The van der Waals surface area contributed by atoms with Gasteiger partial charge < -0.3 is 14.8 Å². The highest BCUT2D eigenvalue weighted by Crippen LogP contribution is 2.31. The van der Waals surface area contributed by atoms with Gasteiger partial charge in [-0.15, -0.1) is 0 Å². The van der Waals surface area contributed by atoms with Crippen molar-refractivity contribution in [2.24, 2.45) is 0 Å². The smallest absolute Gasteiger partial charge is 0.221 e. The van der Waals surface area contributed by atoms with Crippen LogP contribution in [0.1, 0.15) is 6.92 Å². The van der Waals surface area contributed by atoms with Gasteiger partial charge in [-0.05, 0) is 12.1 Å². The van der Waals surface area contributed by atoms with Crippen LogP contribution in [0.25, 0.3) is 0 Å². The first-order valence-electron chi connectivity index (χ1n) is 6.39. The van der Waals surface area contributed by atoms with Crippen molar-refractivity contribution in [3.8, 4) is 11.5 Å². The Labute approximate surface area is 116 Å². The highest BCUT2D eigenvalue weighted by atomic mass is 16.6. The molecule has 0 fully saturated rings. The van der Waals surface area contributed by atoms with Crippen molar-refractivity contribution in [1.29, 1.82) is 0 Å². The van der Waals surface area contributed by atoms with E-state index in [9.17, 15) is 4.79 Å². The van der Waals surface area contributed by atoms with Crippen LogP contribution in [-0.4, -0.2) is 28.4 Å². The van der Waals surface area contributed by atoms with Crippen molar-refractivity contribution in [3.05, 3.63) is 36.7 Å². The summed E-state index contributed by atoms with van der Waals surface area (Å²) in [5, 5.41) is 6.87. The van der Waals surface area contributed by atoms with Gasteiger partial charge >= 0.3 is 0 Å². The molecule has 1 amide bonds. The van der Waals surface area contributed by atoms with Crippen LogP contribution in [0.4, 0.5) is 5.69 Å². The molecule has 1 aromatic heterocycles. The quantitative estimate of drug-likeness (QED) is 0.924. The summed E-state index contributed by atoms with van der Waals surface area (Å²) in [5.74, 6) is 1.40. The third kappa shape index (κ3) is 2.74. The lowest BCUT2D eigenvalue weighted by Gasteiger charge is -2.26. The number of hydrogen-bond donors (Lipinski definition) is 1. The van der Waals surface area contributed by atoms with Crippen molar-refractivity contribution in [3.63, 3.8) is 0 Å². The van der Waals surface area contributed by atoms with E-state index >= 15 is 0 Å². The normalized spacial score (nSPS) is 16.8. The molecule has 0 bridgehead atoms. The van der Waals surface area contributed by atoms with Gasteiger partial charge in [0.2, 0.25) is 5.91 Å². The maximum atomic E-state index is 11.0. The molecule has 6 nitrogen and oxygen atoms in total. The van der Waals surface area contributed by atoms with Crippen LogP contribution in [0.15, 0.2) is 36.7 Å². The zero-order valence-corrected chi connectivity index (χ0v) is 11.1. The van der Waals surface area contributed by atoms with Gasteiger partial charge in [0.25, 0.3) is 0 Å². The summed E-state index contributed by atoms with van der Waals surface area (Å²) in [6.07, 6.45) is 3.28. The number of aromatic nitrogens is 2. The van der Waals surface area contributed by atoms with E-state index in [2.05, 4.69) is 10.4 Å². The fraction of sp³-hybridized carbons (Fsp3) is 0.286. The number of benzene rings is 1. The van der Waals surface area contributed by atoms with E-state index in [0.717, 1.165) is 11.5 Å². The molecule has 0 aliphatic carbocycles. The van der Waals surface area contributed by atoms with Crippen LogP contribution in [0.3, 0.4) is 0 Å². The second kappa shape index (κ2) is 5.24. The number of rotatable bonds is 3. The zero-order valence-electron chi connectivity index (χ0n) is 11.1. The van der Waals surface area contributed by atoms with Crippen LogP contribution in [0, 0.1) is 0 Å². The van der Waals surface area contributed by atoms with Gasteiger partial charge in [0, 0.05) is 13.1 Å². The summed E-state index contributed by atoms with van der Waals surface area (Å²) in [5.41, 5.74) is 0.676. The molecule has 1 aromatic carbocycles. The average Bonchev–Trinajstić information content (AvgIpc) is 2.85. The first-order valence-corrected chi connectivity index (χ1v) is 6.39. The largest absolute Gasteiger partial charge is 0.486 e. The molecular formula is C14H15N3O3. The Morgan fingerprint density at radius 2 is 2.25 bits per heavy atom. The molecule has 104 valence electrons. The molecular weight excluding hydrogens is 258 g/mol. The Bertz CT molecular complexity index is 624. The third-order valence-electron chi connectivity index (χ3n) is 2.91. The molecule has 1 atom stereocenters. The predicted molar refractivity (Wildman–Crippen MR) is 72.9 cm³/mol. The average molecular weight is 273 g/mol. The van der Waals surface area contributed by atoms with Crippen molar-refractivity contribution >= 4 is 11.6 Å². The lowest BCUT2D eigenvalue weighted by molar-refractivity contribution is -0.114. The molecule has 20 heavy (non-hydrogen) atoms. The van der Waals surface area contributed by atoms with Gasteiger partial charge in [0.15, 0.2) is 17.6 Å². The van der Waals surface area contributed by atoms with Gasteiger partial charge in [0.05, 0.1) is 18.4 Å². The minimum absolute atomic E-state index is 0.102. The number of amides is 1. The molecule has 2 aromatic rings. The number of carbonyl (C=O) groups excluding carboxylic acids is 1. The van der Waals surface area contributed by atoms with Gasteiger partial charge in [-0.1, -0.05) is 12.1 Å². The van der Waals surface area contributed by atoms with Crippen LogP contribution in [0.2, 0.25) is 0 Å². The summed E-state index contributed by atoms with van der Waals surface area (Å²) in [6.45, 7) is 2.51. The van der Waals surface area contributed by atoms with Gasteiger partial charge in [-0.3, -0.25) is 9.48 Å². The minimum Gasteiger partial charge on any atom is -0.486 e. The number of nitrogens with one attached hydrogen (secondary N) is 1. The van der Waals surface area contributed by atoms with E-state index in [1.54, 1.807) is 17.1 Å². The Morgan fingerprint density at radius 1 is 1.45 bits per heavy atom. The zero-order chi connectivity index (χ0) is 13.9. The van der Waals surface area contributed by atoms with E-state index in [-0.39, 0.29) is 12.0 Å². The molecule has 0 spiro atoms. The fourth-order valence-electron chi connectivity index (χ4n) is 2.09. The number of fused-ring (bicyclic) bond motifs is 1. The summed E-state index contributed by atoms with van der Waals surface area (Å²) in [4.78, 5) is 11.0. The van der Waals surface area contributed by atoms with Crippen LogP contribution < -0.4 is 14.8 Å². The summed E-state index contributed by atoms with van der Waals surface area (Å²) >= 11 is 0. The molecule has 1 N–H and O–H groups in total. The SMILES string of the molecule is CC(=O)Nc1cnn(CC2COc3ccccc3O2)c1. The number of hydrogen-bond acceptors (Lipinski definition) is 4. The Balaban J connectivity index is 1.64. The number of anilines is 1. The van der Waals surface area contributed by atoms with Crippen LogP contribution >= 0.6 is 0 Å². The maximum absolute atomic E-state index is 11.0. The summed E-state index contributed by atoms with van der Waals surface area (Å²) in [7, 11) is 0. The van der Waals surface area contributed by atoms with E-state index in [0.29, 0.717) is 18.8 Å². The van der Waals surface area contributed by atoms with E-state index in [4.69, 9.17) is 9.47 Å². The topological polar surface area (TPSA) is 65.4 Å². The number of para-hydroxylation sites is 2. The predicted octanol–water partition coefficient (Wildman–Crippen LogP) is 1.68. The second-order valence-corrected chi connectivity index (χ2v) is 4.63. The monoisotopic (exact) mass is 273 g/mol. The molecule has 2 heterocycles. The first-order chi connectivity index (χ1) is 9.70. The third-order valence-corrected chi connectivity index (χ3v) is 2.91. The summed E-state index contributed by atoms with van der Waals surface area (Å²) < 4.78 is 13.2. The number of carbonyl (C=O) groups is 1. The molecule has 0 saturated carbocycles. The molecule has 6 heteroatoms. The Hall–Kier alpha value is -2.50. The molecule has 1 aliphatic rings. The highest BCUT2D eigenvalue weighted by molar-refractivity contribution is 5.88. The Morgan fingerprint density at radius 3 is 3.05 bits per heavy atom. The molecule has 3 rings (SSSR count). The van der Waals surface area contributed by atoms with Crippen LogP contribution in [-0.2, 0) is 11.3 Å². The van der Waals surface area contributed by atoms with Crippen molar-refractivity contribution in [1.82, 2.24) is 9.78 Å². The minimum atomic E-state index is -0.115. The number of ether oxygens (including phenoxy) is 2. The second-order valence-electron chi connectivity index (χ2n) is 4.63. The first kappa shape index (κ1) is 12.5. The van der Waals surface area contributed by atoms with Crippen molar-refractivity contribution < 1.29 is 14.3 Å². The molecule has 1 unspecified atom stereocenters. The van der Waals surface area contributed by atoms with Crippen LogP contribution in [0.5, 0.6) is 11.5 Å².